The number of hydrogen-bond donors (Lipinski definition) is 1. The molecule has 3 heteroatoms. The molecular formula is C26H46O3. The van der Waals surface area contributed by atoms with Crippen molar-refractivity contribution in [3.8, 4) is 0 Å². The minimum Gasteiger partial charge on any atom is -0.454 e. The fourth-order valence-electron chi connectivity index (χ4n) is 5.51. The van der Waals surface area contributed by atoms with Crippen LogP contribution in [0.5, 0.6) is 0 Å². The summed E-state index contributed by atoms with van der Waals surface area (Å²) in [5, 5.41) is 9.46. The second kappa shape index (κ2) is 9.12. The number of aliphatic hydroxyl groups is 1. The Kier molecular flexibility index (Phi) is 7.69. The van der Waals surface area contributed by atoms with E-state index in [2.05, 4.69) is 61.5 Å². The summed E-state index contributed by atoms with van der Waals surface area (Å²) in [6.07, 6.45) is 9.23. The first-order valence-electron chi connectivity index (χ1n) is 11.9. The maximum Gasteiger partial charge on any atom is 0.310 e. The maximum atomic E-state index is 13.6. The van der Waals surface area contributed by atoms with E-state index in [1.165, 1.54) is 5.57 Å². The normalized spacial score (nSPS) is 31.6. The summed E-state index contributed by atoms with van der Waals surface area (Å²) >= 11 is 0. The van der Waals surface area contributed by atoms with Crippen molar-refractivity contribution in [3.05, 3.63) is 11.6 Å². The first kappa shape index (κ1) is 24.4. The van der Waals surface area contributed by atoms with E-state index in [0.29, 0.717) is 17.8 Å². The third-order valence-electron chi connectivity index (χ3n) is 7.37. The maximum absolute atomic E-state index is 13.6. The van der Waals surface area contributed by atoms with Gasteiger partial charge in [0, 0.05) is 12.5 Å². The van der Waals surface area contributed by atoms with E-state index in [9.17, 15) is 9.90 Å². The van der Waals surface area contributed by atoms with Crippen molar-refractivity contribution in [2.75, 3.05) is 6.61 Å². The molecular weight excluding hydrogens is 360 g/mol. The van der Waals surface area contributed by atoms with Gasteiger partial charge in [0.15, 0.2) is 0 Å². The average Bonchev–Trinajstić information content (AvgIpc) is 2.59. The number of aliphatic hydroxyl groups excluding tert-OH is 1. The van der Waals surface area contributed by atoms with Gasteiger partial charge in [-0.05, 0) is 66.8 Å². The standard InChI is InChI=1S/C26H46O3/c1-9-19-10-11-21-15-20(12-13-27)14-18(2)26(21,16-19)29-23(28)22(25(6,7)8)17-24(3,4)5/h11,18-20,22,27H,9-10,12-17H2,1-8H3. The molecule has 1 fully saturated rings. The van der Waals surface area contributed by atoms with Crippen LogP contribution in [0.3, 0.4) is 0 Å². The van der Waals surface area contributed by atoms with Crippen molar-refractivity contribution >= 4 is 5.97 Å². The van der Waals surface area contributed by atoms with E-state index in [0.717, 1.165) is 44.9 Å². The molecule has 168 valence electrons. The van der Waals surface area contributed by atoms with E-state index < -0.39 is 5.60 Å². The van der Waals surface area contributed by atoms with Gasteiger partial charge in [-0.1, -0.05) is 67.9 Å². The summed E-state index contributed by atoms with van der Waals surface area (Å²) in [4.78, 5) is 13.6. The Hall–Kier alpha value is -0.830. The molecule has 2 rings (SSSR count). The van der Waals surface area contributed by atoms with Crippen LogP contribution in [-0.4, -0.2) is 23.3 Å². The summed E-state index contributed by atoms with van der Waals surface area (Å²) in [7, 11) is 0. The molecule has 0 amide bonds. The first-order valence-corrected chi connectivity index (χ1v) is 11.9. The fourth-order valence-corrected chi connectivity index (χ4v) is 5.51. The highest BCUT2D eigenvalue weighted by atomic mass is 16.6. The van der Waals surface area contributed by atoms with Gasteiger partial charge >= 0.3 is 5.97 Å². The minimum absolute atomic E-state index is 0.0115. The molecule has 5 atom stereocenters. The highest BCUT2D eigenvalue weighted by Crippen LogP contribution is 2.52. The summed E-state index contributed by atoms with van der Waals surface area (Å²) in [6, 6.07) is 0. The van der Waals surface area contributed by atoms with Crippen molar-refractivity contribution in [1.29, 1.82) is 0 Å². The van der Waals surface area contributed by atoms with Crippen LogP contribution in [-0.2, 0) is 9.53 Å². The number of carbonyl (C=O) groups excluding carboxylic acids is 1. The molecule has 1 N–H and O–H groups in total. The zero-order chi connectivity index (χ0) is 22.0. The quantitative estimate of drug-likeness (QED) is 0.402. The minimum atomic E-state index is -0.441. The number of esters is 1. The molecule has 1 saturated carbocycles. The third-order valence-corrected chi connectivity index (χ3v) is 7.37. The molecule has 0 radical (unpaired) electrons. The van der Waals surface area contributed by atoms with Gasteiger partial charge in [0.25, 0.3) is 0 Å². The van der Waals surface area contributed by atoms with E-state index in [4.69, 9.17) is 4.74 Å². The molecule has 3 nitrogen and oxygen atoms in total. The van der Waals surface area contributed by atoms with Crippen LogP contribution in [0.25, 0.3) is 0 Å². The van der Waals surface area contributed by atoms with E-state index in [1.54, 1.807) is 0 Å². The van der Waals surface area contributed by atoms with E-state index in [-0.39, 0.29) is 29.3 Å². The molecule has 0 aromatic carbocycles. The van der Waals surface area contributed by atoms with Gasteiger partial charge < -0.3 is 9.84 Å². The van der Waals surface area contributed by atoms with Gasteiger partial charge in [-0.2, -0.15) is 0 Å². The molecule has 0 spiro atoms. The average molecular weight is 407 g/mol. The number of rotatable bonds is 6. The summed E-state index contributed by atoms with van der Waals surface area (Å²) in [5.74, 6) is 1.26. The molecule has 2 aliphatic rings. The van der Waals surface area contributed by atoms with Gasteiger partial charge in [0.05, 0.1) is 5.92 Å². The third kappa shape index (κ3) is 5.87. The number of fused-ring (bicyclic) bond motifs is 1. The van der Waals surface area contributed by atoms with E-state index in [1.807, 2.05) is 0 Å². The van der Waals surface area contributed by atoms with Crippen LogP contribution in [0.2, 0.25) is 0 Å². The van der Waals surface area contributed by atoms with Crippen LogP contribution in [0, 0.1) is 34.5 Å². The lowest BCUT2D eigenvalue weighted by Gasteiger charge is -2.51. The Morgan fingerprint density at radius 1 is 1.24 bits per heavy atom. The second-order valence-corrected chi connectivity index (χ2v) is 12.2. The zero-order valence-electron chi connectivity index (χ0n) is 20.3. The molecule has 5 unspecified atom stereocenters. The summed E-state index contributed by atoms with van der Waals surface area (Å²) < 4.78 is 6.62. The van der Waals surface area contributed by atoms with Gasteiger partial charge in [-0.3, -0.25) is 4.79 Å². The molecule has 0 bridgehead atoms. The van der Waals surface area contributed by atoms with Crippen LogP contribution in [0.4, 0.5) is 0 Å². The zero-order valence-corrected chi connectivity index (χ0v) is 20.3. The van der Waals surface area contributed by atoms with Gasteiger partial charge in [-0.15, -0.1) is 0 Å². The highest BCUT2D eigenvalue weighted by molar-refractivity contribution is 5.74. The lowest BCUT2D eigenvalue weighted by molar-refractivity contribution is -0.177. The predicted molar refractivity (Wildman–Crippen MR) is 121 cm³/mol. The Bertz CT molecular complexity index is 592. The van der Waals surface area contributed by atoms with Crippen LogP contribution in [0.1, 0.15) is 100 Å². The van der Waals surface area contributed by atoms with Crippen molar-refractivity contribution < 1.29 is 14.6 Å². The molecule has 0 aliphatic heterocycles. The van der Waals surface area contributed by atoms with Gasteiger partial charge in [0.1, 0.15) is 5.60 Å². The number of allylic oxidation sites excluding steroid dienone is 1. The largest absolute Gasteiger partial charge is 0.454 e. The molecule has 2 aliphatic carbocycles. The van der Waals surface area contributed by atoms with E-state index >= 15 is 0 Å². The topological polar surface area (TPSA) is 46.5 Å². The number of hydrogen-bond acceptors (Lipinski definition) is 3. The van der Waals surface area contributed by atoms with Gasteiger partial charge in [0.2, 0.25) is 0 Å². The van der Waals surface area contributed by atoms with Crippen LogP contribution in [0.15, 0.2) is 11.6 Å². The molecule has 29 heavy (non-hydrogen) atoms. The number of carbonyl (C=O) groups is 1. The summed E-state index contributed by atoms with van der Waals surface area (Å²) in [5.41, 5.74) is 0.844. The SMILES string of the molecule is CCC1CC=C2CC(CCO)CC(C)C2(OC(=O)C(CC(C)(C)C)C(C)(C)C)C1. The Balaban J connectivity index is 2.35. The monoisotopic (exact) mass is 406 g/mol. The van der Waals surface area contributed by atoms with Crippen LogP contribution >= 0.6 is 0 Å². The molecule has 0 aromatic rings. The molecule has 0 saturated heterocycles. The lowest BCUT2D eigenvalue weighted by Crippen LogP contribution is -2.52. The van der Waals surface area contributed by atoms with Crippen molar-refractivity contribution in [2.24, 2.45) is 34.5 Å². The Morgan fingerprint density at radius 3 is 2.41 bits per heavy atom. The predicted octanol–water partition coefficient (Wildman–Crippen LogP) is 6.54. The Morgan fingerprint density at radius 2 is 1.90 bits per heavy atom. The highest BCUT2D eigenvalue weighted by Gasteiger charge is 2.51. The Labute approximate surface area is 179 Å². The smallest absolute Gasteiger partial charge is 0.310 e. The molecule has 0 heterocycles. The van der Waals surface area contributed by atoms with Gasteiger partial charge in [-0.25, -0.2) is 0 Å². The van der Waals surface area contributed by atoms with Crippen molar-refractivity contribution in [1.82, 2.24) is 0 Å². The first-order chi connectivity index (χ1) is 13.3. The van der Waals surface area contributed by atoms with Crippen LogP contribution < -0.4 is 0 Å². The summed E-state index contributed by atoms with van der Waals surface area (Å²) in [6.45, 7) is 17.9. The lowest BCUT2D eigenvalue weighted by atomic mass is 9.61. The molecule has 0 aromatic heterocycles. The second-order valence-electron chi connectivity index (χ2n) is 12.2. The van der Waals surface area contributed by atoms with Crippen molar-refractivity contribution in [2.45, 2.75) is 106 Å². The van der Waals surface area contributed by atoms with Crippen molar-refractivity contribution in [3.63, 3.8) is 0 Å². The number of ether oxygens (including phenoxy) is 1. The fraction of sp³-hybridized carbons (Fsp3) is 0.885.